The lowest BCUT2D eigenvalue weighted by atomic mass is 10.0. The van der Waals surface area contributed by atoms with Crippen molar-refractivity contribution >= 4 is 12.0 Å². The second-order valence-corrected chi connectivity index (χ2v) is 7.28. The number of nitrogens with one attached hydrogen (secondary N) is 1. The summed E-state index contributed by atoms with van der Waals surface area (Å²) in [5.74, 6) is 0.728. The summed E-state index contributed by atoms with van der Waals surface area (Å²) in [6.45, 7) is 5.56. The average Bonchev–Trinajstić information content (AvgIpc) is 2.74. The highest BCUT2D eigenvalue weighted by Gasteiger charge is 2.23. The fraction of sp³-hybridized carbons (Fsp3) is 0.476. The third kappa shape index (κ3) is 4.98. The number of aryl methyl sites for hydroxylation is 1. The van der Waals surface area contributed by atoms with Crippen LogP contribution in [0.2, 0.25) is 0 Å². The molecule has 1 unspecified atom stereocenters. The summed E-state index contributed by atoms with van der Waals surface area (Å²) in [5.41, 5.74) is 2.54. The summed E-state index contributed by atoms with van der Waals surface area (Å²) in [6.07, 6.45) is 4.52. The normalized spacial score (nSPS) is 15.6. The smallest absolute Gasteiger partial charge is 0.317 e. The predicted octanol–water partition coefficient (Wildman–Crippen LogP) is 2.17. The van der Waals surface area contributed by atoms with E-state index in [1.165, 1.54) is 11.1 Å². The van der Waals surface area contributed by atoms with E-state index in [4.69, 9.17) is 0 Å². The van der Waals surface area contributed by atoms with Crippen LogP contribution in [0.1, 0.15) is 24.1 Å². The topological polar surface area (TPSA) is 64.6 Å². The quantitative estimate of drug-likeness (QED) is 0.830. The van der Waals surface area contributed by atoms with Crippen molar-refractivity contribution in [2.75, 3.05) is 51.7 Å². The number of carbonyl (C=O) groups excluding carboxylic acids is 1. The first-order valence-electron chi connectivity index (χ1n) is 9.88. The number of carbonyl (C=O) groups is 1. The van der Waals surface area contributed by atoms with Crippen LogP contribution in [0, 0.1) is 0 Å². The zero-order valence-electron chi connectivity index (χ0n) is 17.0. The van der Waals surface area contributed by atoms with E-state index < -0.39 is 0 Å². The van der Waals surface area contributed by atoms with Crippen LogP contribution in [0.3, 0.4) is 0 Å². The Hall–Kier alpha value is -2.67. The van der Waals surface area contributed by atoms with Crippen LogP contribution < -0.4 is 10.2 Å². The van der Waals surface area contributed by atoms with Gasteiger partial charge in [0.15, 0.2) is 0 Å². The monoisotopic (exact) mass is 382 g/mol. The number of benzene rings is 1. The Morgan fingerprint density at radius 1 is 1.11 bits per heavy atom. The summed E-state index contributed by atoms with van der Waals surface area (Å²) >= 11 is 0. The van der Waals surface area contributed by atoms with E-state index in [0.717, 1.165) is 25.5 Å². The highest BCUT2D eigenvalue weighted by molar-refractivity contribution is 5.74. The summed E-state index contributed by atoms with van der Waals surface area (Å²) in [7, 11) is 4.09. The molecule has 1 atom stereocenters. The van der Waals surface area contributed by atoms with Gasteiger partial charge in [0.05, 0.1) is 6.04 Å². The number of hydrogen-bond donors (Lipinski definition) is 1. The van der Waals surface area contributed by atoms with Crippen molar-refractivity contribution in [2.24, 2.45) is 0 Å². The molecule has 1 aliphatic heterocycles. The van der Waals surface area contributed by atoms with Crippen molar-refractivity contribution in [3.05, 3.63) is 53.9 Å². The molecule has 150 valence electrons. The Labute approximate surface area is 167 Å². The minimum absolute atomic E-state index is 0.00865. The molecule has 1 aromatic carbocycles. The molecular formula is C21H30N6O. The van der Waals surface area contributed by atoms with Gasteiger partial charge in [0.1, 0.15) is 0 Å². The number of rotatable bonds is 6. The predicted molar refractivity (Wildman–Crippen MR) is 111 cm³/mol. The molecule has 1 aliphatic rings. The molecule has 2 heterocycles. The average molecular weight is 383 g/mol. The molecule has 1 aromatic heterocycles. The number of likely N-dealkylation sites (N-methyl/N-ethyl adjacent to an activating group) is 1. The Morgan fingerprint density at radius 3 is 2.32 bits per heavy atom. The van der Waals surface area contributed by atoms with Crippen molar-refractivity contribution in [1.29, 1.82) is 0 Å². The van der Waals surface area contributed by atoms with Crippen LogP contribution in [-0.4, -0.2) is 72.6 Å². The highest BCUT2D eigenvalue weighted by Crippen LogP contribution is 2.18. The molecule has 2 aromatic rings. The number of nitrogens with zero attached hydrogens (tertiary/aromatic N) is 5. The lowest BCUT2D eigenvalue weighted by molar-refractivity contribution is 0.189. The number of aromatic nitrogens is 2. The van der Waals surface area contributed by atoms with E-state index in [9.17, 15) is 4.79 Å². The van der Waals surface area contributed by atoms with Gasteiger partial charge in [-0.2, -0.15) is 0 Å². The van der Waals surface area contributed by atoms with Gasteiger partial charge in [-0.1, -0.05) is 31.2 Å². The first kappa shape index (κ1) is 20.1. The number of piperazine rings is 1. The van der Waals surface area contributed by atoms with Crippen LogP contribution >= 0.6 is 0 Å². The molecule has 28 heavy (non-hydrogen) atoms. The first-order chi connectivity index (χ1) is 13.6. The third-order valence-corrected chi connectivity index (χ3v) is 5.24. The Kier molecular flexibility index (Phi) is 6.81. The third-order valence-electron chi connectivity index (χ3n) is 5.24. The van der Waals surface area contributed by atoms with Gasteiger partial charge in [0.2, 0.25) is 5.95 Å². The van der Waals surface area contributed by atoms with Crippen LogP contribution in [0.5, 0.6) is 0 Å². The molecular weight excluding hydrogens is 352 g/mol. The van der Waals surface area contributed by atoms with Crippen molar-refractivity contribution in [3.63, 3.8) is 0 Å². The summed E-state index contributed by atoms with van der Waals surface area (Å²) in [4.78, 5) is 27.3. The second-order valence-electron chi connectivity index (χ2n) is 7.28. The van der Waals surface area contributed by atoms with E-state index in [-0.39, 0.29) is 12.1 Å². The lowest BCUT2D eigenvalue weighted by Gasteiger charge is -2.35. The van der Waals surface area contributed by atoms with Gasteiger partial charge >= 0.3 is 6.03 Å². The molecule has 0 spiro atoms. The summed E-state index contributed by atoms with van der Waals surface area (Å²) in [6, 6.07) is 10.6. The van der Waals surface area contributed by atoms with Gasteiger partial charge in [-0.05, 0) is 37.7 Å². The molecule has 0 bridgehead atoms. The maximum Gasteiger partial charge on any atom is 0.317 e. The molecule has 0 saturated carbocycles. The van der Waals surface area contributed by atoms with Gasteiger partial charge in [0.25, 0.3) is 0 Å². The fourth-order valence-electron chi connectivity index (χ4n) is 3.43. The van der Waals surface area contributed by atoms with Crippen molar-refractivity contribution in [2.45, 2.75) is 19.4 Å². The van der Waals surface area contributed by atoms with Gasteiger partial charge in [-0.15, -0.1) is 0 Å². The zero-order valence-corrected chi connectivity index (χ0v) is 17.0. The zero-order chi connectivity index (χ0) is 19.9. The Bertz CT molecular complexity index is 741. The second kappa shape index (κ2) is 9.50. The van der Waals surface area contributed by atoms with Crippen LogP contribution in [0.25, 0.3) is 0 Å². The minimum atomic E-state index is -0.00865. The van der Waals surface area contributed by atoms with Gasteiger partial charge in [0, 0.05) is 45.1 Å². The maximum atomic E-state index is 12.6. The van der Waals surface area contributed by atoms with E-state index in [1.54, 1.807) is 12.4 Å². The number of anilines is 1. The van der Waals surface area contributed by atoms with E-state index in [2.05, 4.69) is 56.3 Å². The molecule has 2 amide bonds. The summed E-state index contributed by atoms with van der Waals surface area (Å²) < 4.78 is 0. The Balaban J connectivity index is 1.52. The lowest BCUT2D eigenvalue weighted by Crippen LogP contribution is -2.53. The van der Waals surface area contributed by atoms with E-state index in [1.807, 2.05) is 25.1 Å². The standard InChI is InChI=1S/C21H30N6O/c1-4-17-6-8-18(9-7-17)19(25(2)3)16-24-21(28)27-14-12-26(13-15-27)20-22-10-5-11-23-20/h5-11,19H,4,12-16H2,1-3H3,(H,24,28). The maximum absolute atomic E-state index is 12.6. The highest BCUT2D eigenvalue weighted by atomic mass is 16.2. The largest absolute Gasteiger partial charge is 0.337 e. The Morgan fingerprint density at radius 2 is 1.75 bits per heavy atom. The van der Waals surface area contributed by atoms with Gasteiger partial charge in [-0.3, -0.25) is 0 Å². The van der Waals surface area contributed by atoms with Crippen LogP contribution in [-0.2, 0) is 6.42 Å². The minimum Gasteiger partial charge on any atom is -0.337 e. The van der Waals surface area contributed by atoms with E-state index in [0.29, 0.717) is 19.6 Å². The van der Waals surface area contributed by atoms with Gasteiger partial charge in [-0.25, -0.2) is 14.8 Å². The molecule has 0 radical (unpaired) electrons. The molecule has 1 N–H and O–H groups in total. The number of hydrogen-bond acceptors (Lipinski definition) is 5. The molecule has 3 rings (SSSR count). The van der Waals surface area contributed by atoms with E-state index >= 15 is 0 Å². The van der Waals surface area contributed by atoms with Crippen LogP contribution in [0.15, 0.2) is 42.7 Å². The van der Waals surface area contributed by atoms with Crippen molar-refractivity contribution < 1.29 is 4.79 Å². The summed E-state index contributed by atoms with van der Waals surface area (Å²) in [5, 5.41) is 3.11. The van der Waals surface area contributed by atoms with Crippen LogP contribution in [0.4, 0.5) is 10.7 Å². The van der Waals surface area contributed by atoms with Crippen molar-refractivity contribution in [3.8, 4) is 0 Å². The molecule has 1 saturated heterocycles. The molecule has 7 heteroatoms. The molecule has 1 fully saturated rings. The number of amides is 2. The fourth-order valence-corrected chi connectivity index (χ4v) is 3.43. The van der Waals surface area contributed by atoms with Gasteiger partial charge < -0.3 is 20.0 Å². The van der Waals surface area contributed by atoms with Crippen molar-refractivity contribution in [1.82, 2.24) is 25.1 Å². The SMILES string of the molecule is CCc1ccc(C(CNC(=O)N2CCN(c3ncccn3)CC2)N(C)C)cc1. The first-order valence-corrected chi connectivity index (χ1v) is 9.88. The molecule has 7 nitrogen and oxygen atoms in total. The molecule has 0 aliphatic carbocycles. The number of urea groups is 1.